The second-order valence-corrected chi connectivity index (χ2v) is 4.84. The summed E-state index contributed by atoms with van der Waals surface area (Å²) in [4.78, 5) is 24.0. The zero-order chi connectivity index (χ0) is 12.9. The summed E-state index contributed by atoms with van der Waals surface area (Å²) < 4.78 is 1.54. The molecule has 1 aromatic rings. The molecule has 1 saturated heterocycles. The first-order valence-corrected chi connectivity index (χ1v) is 6.02. The number of hydrogen-bond donors (Lipinski definition) is 1. The van der Waals surface area contributed by atoms with E-state index in [0.717, 1.165) is 0 Å². The van der Waals surface area contributed by atoms with Crippen LogP contribution in [0.1, 0.15) is 5.69 Å². The third-order valence-corrected chi connectivity index (χ3v) is 3.76. The number of rotatable bonds is 2. The fourth-order valence-corrected chi connectivity index (χ4v) is 2.98. The van der Waals surface area contributed by atoms with E-state index >= 15 is 0 Å². The van der Waals surface area contributed by atoms with E-state index in [0.29, 0.717) is 11.3 Å². The quantitative estimate of drug-likeness (QED) is 0.599. The van der Waals surface area contributed by atoms with E-state index in [1.54, 1.807) is 19.3 Å². The molecule has 0 spiro atoms. The lowest BCUT2D eigenvalue weighted by molar-refractivity contribution is -0.141. The van der Waals surface area contributed by atoms with Gasteiger partial charge in [0.2, 0.25) is 0 Å². The summed E-state index contributed by atoms with van der Waals surface area (Å²) in [6.45, 7) is 0. The maximum absolute atomic E-state index is 11.9. The molecule has 0 radical (unpaired) electrons. The average Bonchev–Trinajstić information content (AvgIpc) is 2.89. The Morgan fingerprint density at radius 3 is 3.00 bits per heavy atom. The zero-order valence-corrected chi connectivity index (χ0v) is 10.1. The molecule has 1 aromatic heterocycles. The van der Waals surface area contributed by atoms with Crippen molar-refractivity contribution in [2.75, 3.05) is 0 Å². The molecule has 8 heteroatoms. The molecule has 1 N–H and O–H groups in total. The lowest BCUT2D eigenvalue weighted by Gasteiger charge is -2.36. The SMILES string of the molecule is Cn1cc(/C=C2\C(=O)N3C(C(=O)O)=CS[C@H]23)nn1. The number of aromatic nitrogens is 3. The fraction of sp³-hybridized carbons (Fsp3) is 0.200. The van der Waals surface area contributed by atoms with Gasteiger partial charge in [0.15, 0.2) is 0 Å². The summed E-state index contributed by atoms with van der Waals surface area (Å²) in [7, 11) is 1.73. The molecule has 3 heterocycles. The molecule has 92 valence electrons. The van der Waals surface area contributed by atoms with Gasteiger partial charge in [-0.1, -0.05) is 5.21 Å². The zero-order valence-electron chi connectivity index (χ0n) is 9.27. The molecule has 2 aliphatic heterocycles. The second-order valence-electron chi connectivity index (χ2n) is 3.89. The largest absolute Gasteiger partial charge is 0.477 e. The number of hydrogen-bond acceptors (Lipinski definition) is 5. The van der Waals surface area contributed by atoms with Gasteiger partial charge in [-0.15, -0.1) is 16.9 Å². The normalized spacial score (nSPS) is 23.9. The van der Waals surface area contributed by atoms with E-state index in [4.69, 9.17) is 5.11 Å². The number of aryl methyl sites for hydroxylation is 1. The molecule has 0 bridgehead atoms. The third-order valence-electron chi connectivity index (χ3n) is 2.68. The van der Waals surface area contributed by atoms with Crippen molar-refractivity contribution in [3.8, 4) is 0 Å². The number of β-lactam (4-membered cyclic amide) rings is 1. The van der Waals surface area contributed by atoms with Gasteiger partial charge in [-0.3, -0.25) is 14.4 Å². The molecule has 7 nitrogen and oxygen atoms in total. The van der Waals surface area contributed by atoms with E-state index in [2.05, 4.69) is 10.3 Å². The van der Waals surface area contributed by atoms with Gasteiger partial charge < -0.3 is 5.11 Å². The summed E-state index contributed by atoms with van der Waals surface area (Å²) in [6.07, 6.45) is 3.33. The van der Waals surface area contributed by atoms with Crippen molar-refractivity contribution in [1.82, 2.24) is 19.9 Å². The van der Waals surface area contributed by atoms with Crippen LogP contribution in [0.15, 0.2) is 22.9 Å². The first-order chi connectivity index (χ1) is 8.58. The lowest BCUT2D eigenvalue weighted by atomic mass is 10.0. The van der Waals surface area contributed by atoms with Crippen molar-refractivity contribution in [1.29, 1.82) is 0 Å². The predicted octanol–water partition coefficient (Wildman–Crippen LogP) is 0.0396. The van der Waals surface area contributed by atoms with Crippen molar-refractivity contribution in [2.45, 2.75) is 5.37 Å². The van der Waals surface area contributed by atoms with Gasteiger partial charge >= 0.3 is 5.97 Å². The van der Waals surface area contributed by atoms with Crippen LogP contribution in [-0.2, 0) is 16.6 Å². The smallest absolute Gasteiger partial charge is 0.353 e. The molecular weight excluding hydrogens is 256 g/mol. The highest BCUT2D eigenvalue weighted by Crippen LogP contribution is 2.44. The highest BCUT2D eigenvalue weighted by molar-refractivity contribution is 8.03. The fourth-order valence-electron chi connectivity index (χ4n) is 1.86. The molecule has 1 fully saturated rings. The number of aliphatic carboxylic acids is 1. The molecule has 3 rings (SSSR count). The number of amides is 1. The number of nitrogens with zero attached hydrogens (tertiary/aromatic N) is 4. The Labute approximate surface area is 106 Å². The Bertz CT molecular complexity index is 618. The minimum absolute atomic E-state index is 0.0336. The topological polar surface area (TPSA) is 88.3 Å². The minimum atomic E-state index is -1.09. The molecule has 0 aliphatic carbocycles. The molecule has 0 saturated carbocycles. The van der Waals surface area contributed by atoms with Crippen molar-refractivity contribution in [2.24, 2.45) is 7.05 Å². The highest BCUT2D eigenvalue weighted by Gasteiger charge is 2.49. The summed E-state index contributed by atoms with van der Waals surface area (Å²) in [5, 5.41) is 17.8. The van der Waals surface area contributed by atoms with E-state index in [1.165, 1.54) is 26.8 Å². The summed E-state index contributed by atoms with van der Waals surface area (Å²) in [5.41, 5.74) is 1.17. The summed E-state index contributed by atoms with van der Waals surface area (Å²) >= 11 is 1.31. The van der Waals surface area contributed by atoms with Gasteiger partial charge in [0.1, 0.15) is 16.8 Å². The first kappa shape index (κ1) is 11.0. The Morgan fingerprint density at radius 1 is 1.61 bits per heavy atom. The van der Waals surface area contributed by atoms with Crippen LogP contribution >= 0.6 is 11.8 Å². The lowest BCUT2D eigenvalue weighted by Crippen LogP contribution is -2.51. The molecule has 0 unspecified atom stereocenters. The van der Waals surface area contributed by atoms with E-state index < -0.39 is 5.97 Å². The number of carboxylic acids is 1. The van der Waals surface area contributed by atoms with Crippen molar-refractivity contribution in [3.05, 3.63) is 28.6 Å². The molecular formula is C10H8N4O3S. The summed E-state index contributed by atoms with van der Waals surface area (Å²) in [5.74, 6) is -1.37. The van der Waals surface area contributed by atoms with Gasteiger partial charge in [0.25, 0.3) is 5.91 Å². The predicted molar refractivity (Wildman–Crippen MR) is 62.9 cm³/mol. The van der Waals surface area contributed by atoms with Gasteiger partial charge in [0, 0.05) is 12.5 Å². The van der Waals surface area contributed by atoms with Crippen molar-refractivity contribution < 1.29 is 14.7 Å². The molecule has 18 heavy (non-hydrogen) atoms. The maximum atomic E-state index is 11.9. The second kappa shape index (κ2) is 3.70. The number of thioether (sulfide) groups is 1. The Hall–Kier alpha value is -2.09. The first-order valence-electron chi connectivity index (χ1n) is 5.08. The number of carbonyl (C=O) groups excluding carboxylic acids is 1. The highest BCUT2D eigenvalue weighted by atomic mass is 32.2. The van der Waals surface area contributed by atoms with Crippen LogP contribution in [-0.4, -0.2) is 42.3 Å². The van der Waals surface area contributed by atoms with Crippen LogP contribution < -0.4 is 0 Å². The number of fused-ring (bicyclic) bond motifs is 1. The van der Waals surface area contributed by atoms with Gasteiger partial charge in [-0.25, -0.2) is 4.79 Å². The van der Waals surface area contributed by atoms with Crippen LogP contribution in [0.3, 0.4) is 0 Å². The Kier molecular flexibility index (Phi) is 2.27. The summed E-state index contributed by atoms with van der Waals surface area (Å²) in [6, 6.07) is 0. The van der Waals surface area contributed by atoms with E-state index in [-0.39, 0.29) is 17.0 Å². The maximum Gasteiger partial charge on any atom is 0.353 e. The van der Waals surface area contributed by atoms with Crippen LogP contribution in [0, 0.1) is 0 Å². The molecule has 1 amide bonds. The van der Waals surface area contributed by atoms with Gasteiger partial charge in [-0.05, 0) is 6.08 Å². The van der Waals surface area contributed by atoms with Crippen molar-refractivity contribution >= 4 is 29.7 Å². The Balaban J connectivity index is 1.86. The Morgan fingerprint density at radius 2 is 2.39 bits per heavy atom. The molecule has 2 aliphatic rings. The van der Waals surface area contributed by atoms with Gasteiger partial charge in [-0.2, -0.15) is 0 Å². The van der Waals surface area contributed by atoms with E-state index in [1.807, 2.05) is 0 Å². The van der Waals surface area contributed by atoms with Crippen LogP contribution in [0.25, 0.3) is 6.08 Å². The minimum Gasteiger partial charge on any atom is -0.477 e. The van der Waals surface area contributed by atoms with Crippen molar-refractivity contribution in [3.63, 3.8) is 0 Å². The number of carbonyl (C=O) groups is 2. The third kappa shape index (κ3) is 1.46. The van der Waals surface area contributed by atoms with Crippen LogP contribution in [0.2, 0.25) is 0 Å². The molecule has 1 atom stereocenters. The van der Waals surface area contributed by atoms with Gasteiger partial charge in [0.05, 0.1) is 11.8 Å². The monoisotopic (exact) mass is 264 g/mol. The average molecular weight is 264 g/mol. The van der Waals surface area contributed by atoms with Crippen LogP contribution in [0.4, 0.5) is 0 Å². The van der Waals surface area contributed by atoms with Crippen LogP contribution in [0.5, 0.6) is 0 Å². The molecule has 0 aromatic carbocycles. The number of carboxylic acid groups (broad SMARTS) is 1. The standard InChI is InChI=1S/C10H8N4O3S/c1-13-3-5(11-12-13)2-6-8(15)14-7(10(16)17)4-18-9(6)14/h2-4,9H,1H3,(H,16,17)/b6-2+/t9-/m1/s1. The van der Waals surface area contributed by atoms with E-state index in [9.17, 15) is 9.59 Å².